The van der Waals surface area contributed by atoms with Crippen molar-refractivity contribution >= 4 is 58.2 Å². The normalized spacial score (nSPS) is 13.9. The van der Waals surface area contributed by atoms with Crippen LogP contribution in [0.15, 0.2) is 66.7 Å². The molecule has 64 heavy (non-hydrogen) atoms. The average molecular weight is 903 g/mol. The van der Waals surface area contributed by atoms with Gasteiger partial charge in [0.05, 0.1) is 40.7 Å². The van der Waals surface area contributed by atoms with Gasteiger partial charge in [-0.25, -0.2) is 4.79 Å². The van der Waals surface area contributed by atoms with Crippen LogP contribution in [-0.4, -0.2) is 75.7 Å². The molecule has 0 unspecified atom stereocenters. The molecule has 6 N–H and O–H groups in total. The minimum atomic E-state index is -1.39. The van der Waals surface area contributed by atoms with E-state index in [1.807, 2.05) is 27.7 Å². The molecule has 20 heteroatoms. The van der Waals surface area contributed by atoms with Crippen LogP contribution < -0.4 is 26.0 Å². The van der Waals surface area contributed by atoms with Crippen molar-refractivity contribution in [1.82, 2.24) is 10.6 Å². The van der Waals surface area contributed by atoms with E-state index in [1.165, 1.54) is 24.3 Å². The van der Waals surface area contributed by atoms with E-state index in [0.717, 1.165) is 0 Å². The molecule has 1 amide bonds. The third kappa shape index (κ3) is 10.5. The number of unbranched alkanes of at least 4 members (excludes halogenated alkanes) is 1. The van der Waals surface area contributed by atoms with E-state index in [4.69, 9.17) is 26.4 Å². The first kappa shape index (κ1) is 46.6. The number of carbonyl (C=O) groups is 3. The van der Waals surface area contributed by atoms with Gasteiger partial charge in [-0.2, -0.15) is 4.39 Å². The summed E-state index contributed by atoms with van der Waals surface area (Å²) in [6.45, 7) is 8.77. The van der Waals surface area contributed by atoms with Crippen LogP contribution in [-0.2, 0) is 24.7 Å². The van der Waals surface area contributed by atoms with Crippen molar-refractivity contribution in [3.8, 4) is 23.0 Å². The van der Waals surface area contributed by atoms with Crippen molar-refractivity contribution in [3.05, 3.63) is 115 Å². The zero-order valence-corrected chi connectivity index (χ0v) is 36.1. The number of amides is 1. The summed E-state index contributed by atoms with van der Waals surface area (Å²) in [7, 11) is 0. The highest BCUT2D eigenvalue weighted by Crippen LogP contribution is 2.57. The smallest absolute Gasteiger partial charge is 0.340 e. The Balaban J connectivity index is 0.944. The molecular formula is C44H47FN6O12S. The van der Waals surface area contributed by atoms with Crippen LogP contribution in [0.1, 0.15) is 80.4 Å². The van der Waals surface area contributed by atoms with E-state index in [1.54, 1.807) is 30.3 Å². The van der Waals surface area contributed by atoms with Crippen LogP contribution in [0.5, 0.6) is 23.0 Å². The van der Waals surface area contributed by atoms with Gasteiger partial charge in [0.25, 0.3) is 5.69 Å². The summed E-state index contributed by atoms with van der Waals surface area (Å²) < 4.78 is 32.3. The van der Waals surface area contributed by atoms with Crippen LogP contribution in [0.25, 0.3) is 0 Å². The van der Waals surface area contributed by atoms with Crippen molar-refractivity contribution in [1.29, 1.82) is 0 Å². The van der Waals surface area contributed by atoms with Gasteiger partial charge in [0.15, 0.2) is 10.7 Å². The number of aldehydes is 1. The maximum Gasteiger partial charge on any atom is 0.340 e. The summed E-state index contributed by atoms with van der Waals surface area (Å²) >= 11 is 5.59. The second kappa shape index (κ2) is 18.8. The number of nitrogens with zero attached hydrogens (tertiary/aromatic N) is 2. The lowest BCUT2D eigenvalue weighted by Crippen LogP contribution is -2.40. The number of carbonyl (C=O) groups excluding carboxylic acids is 3. The van der Waals surface area contributed by atoms with Crippen molar-refractivity contribution in [3.63, 3.8) is 0 Å². The number of ether oxygens (including phenoxy) is 3. The Labute approximate surface area is 371 Å². The van der Waals surface area contributed by atoms with Gasteiger partial charge in [-0.15, -0.1) is 0 Å². The van der Waals surface area contributed by atoms with E-state index < -0.39 is 55.5 Å². The molecule has 0 fully saturated rings. The molecule has 18 nitrogen and oxygen atoms in total. The lowest BCUT2D eigenvalue weighted by atomic mass is 9.77. The number of rotatable bonds is 19. The van der Waals surface area contributed by atoms with Gasteiger partial charge in [-0.05, 0) is 73.3 Å². The first-order valence-electron chi connectivity index (χ1n) is 20.2. The summed E-state index contributed by atoms with van der Waals surface area (Å²) in [5.41, 5.74) is -1.87. The molecule has 4 aromatic carbocycles. The SMILES string of the molecule is CC(C)(CNC(=S)Nc1ccc2c(c1)C(=O)OC21c2ccc(O)cc2Oc2cc(O)ccc21)COCC(C)(C)CC(=O)N[C@@H](C=O)CCCCNc1cc(F)c([N+](=O)[O-])cc1[N+](=O)[O-]. The number of hydrogen-bond donors (Lipinski definition) is 6. The van der Waals surface area contributed by atoms with Crippen LogP contribution in [0.3, 0.4) is 0 Å². The molecule has 4 aromatic rings. The molecule has 2 heterocycles. The minimum absolute atomic E-state index is 0.0447. The molecular weight excluding hydrogens is 856 g/mol. The first-order valence-corrected chi connectivity index (χ1v) is 20.6. The Morgan fingerprint density at radius 1 is 0.906 bits per heavy atom. The molecule has 0 saturated carbocycles. The van der Waals surface area contributed by atoms with E-state index in [0.29, 0.717) is 77.5 Å². The molecule has 0 aliphatic carbocycles. The third-order valence-corrected chi connectivity index (χ3v) is 10.9. The maximum absolute atomic E-state index is 14.1. The molecule has 6 rings (SSSR count). The fraction of sp³-hybridized carbons (Fsp3) is 0.364. The number of nitrogens with one attached hydrogen (secondary N) is 4. The average Bonchev–Trinajstić information content (AvgIpc) is 3.49. The van der Waals surface area contributed by atoms with Gasteiger partial charge in [-0.1, -0.05) is 33.8 Å². The molecule has 338 valence electrons. The number of nitro benzene ring substituents is 2. The molecule has 2 aliphatic heterocycles. The molecule has 1 spiro atoms. The van der Waals surface area contributed by atoms with Crippen LogP contribution in [0.4, 0.5) is 27.1 Å². The number of aromatic hydroxyl groups is 2. The number of esters is 1. The monoisotopic (exact) mass is 902 g/mol. The van der Waals surface area contributed by atoms with E-state index in [2.05, 4.69) is 21.3 Å². The van der Waals surface area contributed by atoms with Gasteiger partial charge in [-0.3, -0.25) is 25.0 Å². The highest BCUT2D eigenvalue weighted by molar-refractivity contribution is 7.80. The summed E-state index contributed by atoms with van der Waals surface area (Å²) in [4.78, 5) is 58.6. The number of fused-ring (bicyclic) bond motifs is 6. The number of benzene rings is 4. The van der Waals surface area contributed by atoms with Gasteiger partial charge in [0.2, 0.25) is 11.7 Å². The van der Waals surface area contributed by atoms with Gasteiger partial charge in [0, 0.05) is 65.5 Å². The second-order valence-corrected chi connectivity index (χ2v) is 17.6. The standard InChI is InChI=1S/C44H47FN6O12S/c1-42(2,20-39(55)48-26(21-52)7-5-6-14-46-34-18-33(45)35(50(57)58)19-36(34)51(59)60)23-61-24-43(3,4)22-47-41(64)49-25-8-11-30-29(15-25)40(56)63-44(30)31-12-9-27(53)16-37(31)62-38-17-28(54)10-13-32(38)44/h8-13,15-19,21,26,46,53-54H,5-7,14,20,22-24H2,1-4H3,(H,48,55)(H2,47,49,64)/t26-/m1/s1. The third-order valence-electron chi connectivity index (χ3n) is 10.6. The van der Waals surface area contributed by atoms with Crippen molar-refractivity contribution in [2.24, 2.45) is 10.8 Å². The van der Waals surface area contributed by atoms with E-state index >= 15 is 0 Å². The molecule has 0 aromatic heterocycles. The topological polar surface area (TPSA) is 254 Å². The highest BCUT2D eigenvalue weighted by Gasteiger charge is 2.53. The fourth-order valence-electron chi connectivity index (χ4n) is 7.55. The summed E-state index contributed by atoms with van der Waals surface area (Å²) in [5, 5.41) is 54.7. The fourth-order valence-corrected chi connectivity index (χ4v) is 7.74. The Morgan fingerprint density at radius 3 is 2.16 bits per heavy atom. The van der Waals surface area contributed by atoms with Gasteiger partial charge >= 0.3 is 11.7 Å². The Hall–Kier alpha value is -6.93. The van der Waals surface area contributed by atoms with E-state index in [-0.39, 0.29) is 60.6 Å². The predicted octanol–water partition coefficient (Wildman–Crippen LogP) is 7.33. The summed E-state index contributed by atoms with van der Waals surface area (Å²) in [6.07, 6.45) is 1.80. The number of thiocarbonyl (C=S) groups is 1. The molecule has 0 bridgehead atoms. The Kier molecular flexibility index (Phi) is 13.7. The number of halogens is 1. The number of hydrogen-bond acceptors (Lipinski definition) is 14. The largest absolute Gasteiger partial charge is 0.508 e. The lowest BCUT2D eigenvalue weighted by Gasteiger charge is -2.36. The number of anilines is 2. The summed E-state index contributed by atoms with van der Waals surface area (Å²) in [5.74, 6) is -1.69. The summed E-state index contributed by atoms with van der Waals surface area (Å²) in [6, 6.07) is 14.7. The Bertz CT molecular complexity index is 2470. The quantitative estimate of drug-likeness (QED) is 0.0134. The van der Waals surface area contributed by atoms with Gasteiger partial charge < -0.3 is 50.5 Å². The Morgan fingerprint density at radius 2 is 1.53 bits per heavy atom. The maximum atomic E-state index is 14.1. The molecule has 1 atom stereocenters. The van der Waals surface area contributed by atoms with E-state index in [9.17, 15) is 49.2 Å². The lowest BCUT2D eigenvalue weighted by molar-refractivity contribution is -0.395. The van der Waals surface area contributed by atoms with Crippen LogP contribution in [0, 0.1) is 36.9 Å². The highest BCUT2D eigenvalue weighted by atomic mass is 32.1. The first-order chi connectivity index (χ1) is 30.2. The second-order valence-electron chi connectivity index (χ2n) is 17.2. The predicted molar refractivity (Wildman–Crippen MR) is 235 cm³/mol. The van der Waals surface area contributed by atoms with Gasteiger partial charge in [0.1, 0.15) is 35.0 Å². The van der Waals surface area contributed by atoms with Crippen molar-refractivity contribution in [2.45, 2.75) is 65.0 Å². The minimum Gasteiger partial charge on any atom is -0.508 e. The van der Waals surface area contributed by atoms with Crippen LogP contribution >= 0.6 is 12.2 Å². The van der Waals surface area contributed by atoms with Crippen LogP contribution in [0.2, 0.25) is 0 Å². The zero-order valence-electron chi connectivity index (χ0n) is 35.3. The number of phenolic OH excluding ortho intramolecular Hbond substituents is 2. The zero-order chi connectivity index (χ0) is 46.6. The van der Waals surface area contributed by atoms with Crippen molar-refractivity contribution < 1.29 is 53.0 Å². The van der Waals surface area contributed by atoms with Crippen molar-refractivity contribution in [2.75, 3.05) is 36.9 Å². The molecule has 2 aliphatic rings. The molecule has 0 saturated heterocycles. The molecule has 0 radical (unpaired) electrons. The number of nitro groups is 2. The number of phenols is 2.